The summed E-state index contributed by atoms with van der Waals surface area (Å²) in [5.74, 6) is -1.00. The molecule has 6 heteroatoms. The van der Waals surface area contributed by atoms with Gasteiger partial charge in [-0.25, -0.2) is 14.8 Å². The highest BCUT2D eigenvalue weighted by molar-refractivity contribution is 7.21. The van der Waals surface area contributed by atoms with E-state index in [1.54, 1.807) is 13.0 Å². The highest BCUT2D eigenvalue weighted by atomic mass is 32.1. The van der Waals surface area contributed by atoms with Gasteiger partial charge in [-0.1, -0.05) is 11.3 Å². The van der Waals surface area contributed by atoms with E-state index < -0.39 is 5.97 Å². The van der Waals surface area contributed by atoms with Crippen molar-refractivity contribution in [2.24, 2.45) is 0 Å². The number of fused-ring (bicyclic) bond motifs is 1. The van der Waals surface area contributed by atoms with Crippen LogP contribution in [0.1, 0.15) is 29.9 Å². The van der Waals surface area contributed by atoms with Gasteiger partial charge in [0, 0.05) is 6.04 Å². The molecule has 2 N–H and O–H groups in total. The highest BCUT2D eigenvalue weighted by Gasteiger charge is 2.13. The van der Waals surface area contributed by atoms with Crippen LogP contribution in [-0.2, 0) is 0 Å². The van der Waals surface area contributed by atoms with Gasteiger partial charge in [0.05, 0.1) is 0 Å². The Balaban J connectivity index is 2.50. The van der Waals surface area contributed by atoms with Crippen molar-refractivity contribution in [3.05, 3.63) is 17.3 Å². The lowest BCUT2D eigenvalue weighted by Crippen LogP contribution is -2.08. The first-order valence-corrected chi connectivity index (χ1v) is 6.07. The lowest BCUT2D eigenvalue weighted by molar-refractivity contribution is 0.0690. The van der Waals surface area contributed by atoms with Crippen LogP contribution in [0, 0.1) is 6.92 Å². The monoisotopic (exact) mass is 251 g/mol. The van der Waals surface area contributed by atoms with Crippen molar-refractivity contribution < 1.29 is 9.90 Å². The number of rotatable bonds is 3. The number of thiazole rings is 1. The predicted octanol–water partition coefficient (Wildman–Crippen LogP) is 2.52. The highest BCUT2D eigenvalue weighted by Crippen LogP contribution is 2.26. The maximum Gasteiger partial charge on any atom is 0.354 e. The summed E-state index contributed by atoms with van der Waals surface area (Å²) in [5, 5.41) is 12.9. The van der Waals surface area contributed by atoms with Crippen molar-refractivity contribution in [3.8, 4) is 0 Å². The van der Waals surface area contributed by atoms with Crippen LogP contribution in [0.3, 0.4) is 0 Å². The lowest BCUT2D eigenvalue weighted by Gasteiger charge is -2.03. The molecule has 0 unspecified atom stereocenters. The van der Waals surface area contributed by atoms with E-state index in [4.69, 9.17) is 5.11 Å². The van der Waals surface area contributed by atoms with Crippen LogP contribution in [0.5, 0.6) is 0 Å². The quantitative estimate of drug-likeness (QED) is 0.876. The van der Waals surface area contributed by atoms with E-state index in [0.717, 1.165) is 10.6 Å². The third kappa shape index (κ3) is 2.36. The number of carbonyl (C=O) groups is 1. The molecular formula is C11H13N3O2S. The molecule has 2 rings (SSSR count). The summed E-state index contributed by atoms with van der Waals surface area (Å²) in [6.07, 6.45) is 0. The van der Waals surface area contributed by atoms with Gasteiger partial charge in [0.15, 0.2) is 10.8 Å². The van der Waals surface area contributed by atoms with Gasteiger partial charge >= 0.3 is 5.97 Å². The van der Waals surface area contributed by atoms with E-state index in [1.165, 1.54) is 11.3 Å². The molecule has 0 aliphatic carbocycles. The van der Waals surface area contributed by atoms with E-state index >= 15 is 0 Å². The normalized spacial score (nSPS) is 11.1. The number of nitrogens with one attached hydrogen (secondary N) is 1. The lowest BCUT2D eigenvalue weighted by atomic mass is 10.2. The Kier molecular flexibility index (Phi) is 2.97. The molecule has 0 aromatic carbocycles. The minimum absolute atomic E-state index is 0.0947. The third-order valence-corrected chi connectivity index (χ3v) is 3.09. The topological polar surface area (TPSA) is 75.1 Å². The summed E-state index contributed by atoms with van der Waals surface area (Å²) < 4.78 is 0. The number of hydrogen-bond acceptors (Lipinski definition) is 5. The summed E-state index contributed by atoms with van der Waals surface area (Å²) in [6.45, 7) is 5.77. The van der Waals surface area contributed by atoms with Gasteiger partial charge in [0.2, 0.25) is 0 Å². The first-order chi connectivity index (χ1) is 7.97. The average molecular weight is 251 g/mol. The Morgan fingerprint density at radius 1 is 1.47 bits per heavy atom. The first kappa shape index (κ1) is 11.8. The molecular weight excluding hydrogens is 238 g/mol. The zero-order valence-corrected chi connectivity index (χ0v) is 10.6. The summed E-state index contributed by atoms with van der Waals surface area (Å²) in [6, 6.07) is 2.05. The molecule has 0 bridgehead atoms. The third-order valence-electron chi connectivity index (χ3n) is 2.19. The van der Waals surface area contributed by atoms with Crippen LogP contribution in [0.25, 0.3) is 10.3 Å². The zero-order chi connectivity index (χ0) is 12.6. The van der Waals surface area contributed by atoms with Crippen LogP contribution in [0.15, 0.2) is 6.07 Å². The molecule has 0 aliphatic rings. The summed E-state index contributed by atoms with van der Waals surface area (Å²) >= 11 is 1.37. The number of aryl methyl sites for hydroxylation is 1. The number of aromatic nitrogens is 2. The fraction of sp³-hybridized carbons (Fsp3) is 0.364. The zero-order valence-electron chi connectivity index (χ0n) is 9.81. The van der Waals surface area contributed by atoms with Crippen LogP contribution < -0.4 is 5.32 Å². The first-order valence-electron chi connectivity index (χ1n) is 5.25. The van der Waals surface area contributed by atoms with Gasteiger partial charge in [-0.15, -0.1) is 0 Å². The number of carboxylic acids is 1. The molecule has 90 valence electrons. The maximum atomic E-state index is 11.0. The summed E-state index contributed by atoms with van der Waals surface area (Å²) in [7, 11) is 0. The predicted molar refractivity (Wildman–Crippen MR) is 67.9 cm³/mol. The van der Waals surface area contributed by atoms with E-state index in [-0.39, 0.29) is 11.7 Å². The van der Waals surface area contributed by atoms with E-state index in [2.05, 4.69) is 15.3 Å². The Morgan fingerprint density at radius 2 is 2.18 bits per heavy atom. The summed E-state index contributed by atoms with van der Waals surface area (Å²) in [4.78, 5) is 20.1. The molecule has 2 aromatic heterocycles. The number of aromatic carboxylic acids is 1. The van der Waals surface area contributed by atoms with Gasteiger partial charge in [-0.05, 0) is 32.4 Å². The largest absolute Gasteiger partial charge is 0.477 e. The molecule has 0 saturated carbocycles. The molecule has 0 atom stereocenters. The van der Waals surface area contributed by atoms with Crippen LogP contribution >= 0.6 is 11.3 Å². The minimum Gasteiger partial charge on any atom is -0.477 e. The molecule has 0 spiro atoms. The maximum absolute atomic E-state index is 11.0. The second-order valence-corrected chi connectivity index (χ2v) is 5.08. The van der Waals surface area contributed by atoms with Gasteiger partial charge < -0.3 is 10.4 Å². The van der Waals surface area contributed by atoms with Gasteiger partial charge in [-0.2, -0.15) is 0 Å². The average Bonchev–Trinajstić information content (AvgIpc) is 2.56. The smallest absolute Gasteiger partial charge is 0.354 e. The SMILES string of the molecule is Cc1cc2nc(NC(C)C)sc2nc1C(=O)O. The standard InChI is InChI=1S/C11H13N3O2S/c1-5(2)12-11-13-7-4-6(3)8(10(15)16)14-9(7)17-11/h4-5H,1-3H3,(H,12,13)(H,15,16). The summed E-state index contributed by atoms with van der Waals surface area (Å²) in [5.41, 5.74) is 1.46. The van der Waals surface area contributed by atoms with Gasteiger partial charge in [-0.3, -0.25) is 0 Å². The van der Waals surface area contributed by atoms with Crippen molar-refractivity contribution in [1.29, 1.82) is 0 Å². The van der Waals surface area contributed by atoms with Crippen LogP contribution in [0.4, 0.5) is 5.13 Å². The van der Waals surface area contributed by atoms with Crippen LogP contribution in [0.2, 0.25) is 0 Å². The minimum atomic E-state index is -1.00. The second kappa shape index (κ2) is 4.29. The van der Waals surface area contributed by atoms with Crippen molar-refractivity contribution in [2.45, 2.75) is 26.8 Å². The molecule has 5 nitrogen and oxygen atoms in total. The number of hydrogen-bond donors (Lipinski definition) is 2. The Bertz CT molecular complexity index is 577. The van der Waals surface area contributed by atoms with E-state index in [9.17, 15) is 4.79 Å². The van der Waals surface area contributed by atoms with Crippen molar-refractivity contribution in [3.63, 3.8) is 0 Å². The second-order valence-electron chi connectivity index (χ2n) is 4.10. The van der Waals surface area contributed by atoms with E-state index in [0.29, 0.717) is 10.4 Å². The van der Waals surface area contributed by atoms with Gasteiger partial charge in [0.1, 0.15) is 10.3 Å². The fourth-order valence-electron chi connectivity index (χ4n) is 1.49. The molecule has 17 heavy (non-hydrogen) atoms. The van der Waals surface area contributed by atoms with Crippen LogP contribution in [-0.4, -0.2) is 27.1 Å². The molecule has 0 aliphatic heterocycles. The number of anilines is 1. The number of nitrogens with zero attached hydrogens (tertiary/aromatic N) is 2. The Labute approximate surface area is 103 Å². The van der Waals surface area contributed by atoms with Crippen molar-refractivity contribution in [2.75, 3.05) is 5.32 Å². The molecule has 0 amide bonds. The number of carboxylic acid groups (broad SMARTS) is 1. The number of pyridine rings is 1. The van der Waals surface area contributed by atoms with Gasteiger partial charge in [0.25, 0.3) is 0 Å². The van der Waals surface area contributed by atoms with Crippen molar-refractivity contribution in [1.82, 2.24) is 9.97 Å². The fourth-order valence-corrected chi connectivity index (χ4v) is 2.45. The van der Waals surface area contributed by atoms with Crippen molar-refractivity contribution >= 4 is 32.8 Å². The molecule has 2 heterocycles. The molecule has 2 aromatic rings. The Hall–Kier alpha value is -1.69. The molecule has 0 radical (unpaired) electrons. The molecule has 0 saturated heterocycles. The molecule has 0 fully saturated rings. The Morgan fingerprint density at radius 3 is 2.76 bits per heavy atom. The van der Waals surface area contributed by atoms with E-state index in [1.807, 2.05) is 13.8 Å².